The molecule has 9 nitrogen and oxygen atoms in total. The summed E-state index contributed by atoms with van der Waals surface area (Å²) in [4.78, 5) is 28.6. The topological polar surface area (TPSA) is 109 Å². The maximum Gasteiger partial charge on any atom is 0.338 e. The molecule has 202 valence electrons. The number of cyclic esters (lactones) is 2. The Morgan fingerprint density at radius 1 is 0.974 bits per heavy atom. The summed E-state index contributed by atoms with van der Waals surface area (Å²) in [6, 6.07) is 9.30. The maximum absolute atomic E-state index is 12.1. The minimum Gasteiger partial charge on any atom is -0.459 e. The van der Waals surface area contributed by atoms with Gasteiger partial charge in [0.1, 0.15) is 12.7 Å². The third-order valence-electron chi connectivity index (χ3n) is 8.43. The first-order valence-electron chi connectivity index (χ1n) is 13.3. The van der Waals surface area contributed by atoms with Crippen molar-refractivity contribution < 1.29 is 34.0 Å². The number of rotatable bonds is 6. The van der Waals surface area contributed by atoms with Crippen LogP contribution >= 0.6 is 0 Å². The number of carbonyl (C=O) groups is 2. The van der Waals surface area contributed by atoms with Crippen molar-refractivity contribution in [1.82, 2.24) is 9.80 Å². The van der Waals surface area contributed by atoms with Crippen LogP contribution < -0.4 is 0 Å². The summed E-state index contributed by atoms with van der Waals surface area (Å²) in [5, 5.41) is 22.3. The van der Waals surface area contributed by atoms with E-state index in [1.54, 1.807) is 12.1 Å². The highest BCUT2D eigenvalue weighted by Crippen LogP contribution is 2.32. The normalized spacial score (nSPS) is 26.8. The number of aliphatic hydroxyl groups excluding tert-OH is 2. The standard InChI is InChI=1S/C29H34N2O7/c1-16-7-19-8-18(3-4-23(19)29(35)38-16)26(32)11-30-9-20-13-36-14-21(10-30)31(20)12-27(33)22-5-6-24-25(17(22)2)15-37-28(24)34/h3-6,8,16,20-21,26-27,32-33H,7,9-15H2,1-2H3. The van der Waals surface area contributed by atoms with Gasteiger partial charge in [0, 0.05) is 50.2 Å². The lowest BCUT2D eigenvalue weighted by Gasteiger charge is -2.50. The van der Waals surface area contributed by atoms with Gasteiger partial charge in [0.15, 0.2) is 0 Å². The second kappa shape index (κ2) is 10.1. The monoisotopic (exact) mass is 522 g/mol. The number of nitrogens with zero attached hydrogens (tertiary/aromatic N) is 2. The van der Waals surface area contributed by atoms with Gasteiger partial charge < -0.3 is 24.4 Å². The molecular formula is C29H34N2O7. The van der Waals surface area contributed by atoms with E-state index in [0.717, 1.165) is 40.9 Å². The first-order valence-corrected chi connectivity index (χ1v) is 13.3. The van der Waals surface area contributed by atoms with Gasteiger partial charge in [-0.15, -0.1) is 0 Å². The van der Waals surface area contributed by atoms with E-state index in [0.29, 0.717) is 43.9 Å². The second-order valence-electron chi connectivity index (χ2n) is 11.0. The van der Waals surface area contributed by atoms with E-state index < -0.39 is 12.2 Å². The highest BCUT2D eigenvalue weighted by atomic mass is 16.5. The molecule has 9 heteroatoms. The van der Waals surface area contributed by atoms with Crippen molar-refractivity contribution in [1.29, 1.82) is 0 Å². The summed E-state index contributed by atoms with van der Waals surface area (Å²) < 4.78 is 16.3. The highest BCUT2D eigenvalue weighted by molar-refractivity contribution is 5.94. The van der Waals surface area contributed by atoms with Gasteiger partial charge in [-0.1, -0.05) is 18.2 Å². The number of carbonyl (C=O) groups excluding carboxylic acids is 2. The molecule has 6 rings (SSSR count). The minimum atomic E-state index is -0.694. The number of aliphatic hydroxyl groups is 2. The predicted octanol–water partition coefficient (Wildman–Crippen LogP) is 1.92. The molecule has 0 radical (unpaired) electrons. The summed E-state index contributed by atoms with van der Waals surface area (Å²) in [7, 11) is 0. The van der Waals surface area contributed by atoms with Gasteiger partial charge in [-0.25, -0.2) is 9.59 Å². The molecule has 4 heterocycles. The van der Waals surface area contributed by atoms with E-state index in [4.69, 9.17) is 14.2 Å². The molecule has 4 aliphatic rings. The molecule has 2 aromatic rings. The maximum atomic E-state index is 12.1. The van der Waals surface area contributed by atoms with Gasteiger partial charge in [-0.05, 0) is 48.2 Å². The number of morpholine rings is 1. The Kier molecular flexibility index (Phi) is 6.74. The third-order valence-corrected chi connectivity index (χ3v) is 8.43. The minimum absolute atomic E-state index is 0.100. The van der Waals surface area contributed by atoms with Crippen molar-refractivity contribution in [3.63, 3.8) is 0 Å². The molecule has 0 aliphatic carbocycles. The Bertz CT molecular complexity index is 1250. The average Bonchev–Trinajstić information content (AvgIpc) is 3.25. The second-order valence-corrected chi connectivity index (χ2v) is 11.0. The van der Waals surface area contributed by atoms with Gasteiger partial charge in [0.25, 0.3) is 0 Å². The molecule has 5 atom stereocenters. The molecule has 0 amide bonds. The fourth-order valence-corrected chi connectivity index (χ4v) is 6.43. The quantitative estimate of drug-likeness (QED) is 0.550. The van der Waals surface area contributed by atoms with E-state index >= 15 is 0 Å². The van der Waals surface area contributed by atoms with Gasteiger partial charge in [0.2, 0.25) is 0 Å². The van der Waals surface area contributed by atoms with Crippen molar-refractivity contribution in [3.05, 3.63) is 69.3 Å². The van der Waals surface area contributed by atoms with Crippen LogP contribution in [0.1, 0.15) is 67.7 Å². The summed E-state index contributed by atoms with van der Waals surface area (Å²) in [6.07, 6.45) is -0.884. The zero-order valence-corrected chi connectivity index (χ0v) is 21.8. The molecule has 4 aliphatic heterocycles. The third kappa shape index (κ3) is 4.63. The zero-order chi connectivity index (χ0) is 26.6. The summed E-state index contributed by atoms with van der Waals surface area (Å²) in [5.74, 6) is -0.607. The van der Waals surface area contributed by atoms with Gasteiger partial charge in [0.05, 0.1) is 36.5 Å². The Morgan fingerprint density at radius 2 is 1.71 bits per heavy atom. The Morgan fingerprint density at radius 3 is 2.47 bits per heavy atom. The predicted molar refractivity (Wildman–Crippen MR) is 137 cm³/mol. The van der Waals surface area contributed by atoms with Crippen LogP contribution in [0.2, 0.25) is 0 Å². The van der Waals surface area contributed by atoms with Gasteiger partial charge in [-0.3, -0.25) is 9.80 Å². The van der Waals surface area contributed by atoms with Crippen LogP contribution in [0.5, 0.6) is 0 Å². The van der Waals surface area contributed by atoms with Crippen LogP contribution in [0, 0.1) is 6.92 Å². The fraction of sp³-hybridized carbons (Fsp3) is 0.517. The first-order chi connectivity index (χ1) is 18.3. The lowest BCUT2D eigenvalue weighted by molar-refractivity contribution is -0.113. The van der Waals surface area contributed by atoms with E-state index in [-0.39, 0.29) is 36.7 Å². The fourth-order valence-electron chi connectivity index (χ4n) is 6.43. The number of fused-ring (bicyclic) bond motifs is 4. The number of β-amino-alcohol motifs (C(OH)–C–C–N with tert-alkyl or cyclic N) is 1. The van der Waals surface area contributed by atoms with E-state index in [9.17, 15) is 19.8 Å². The number of hydrogen-bond acceptors (Lipinski definition) is 9. The molecule has 0 saturated carbocycles. The Balaban J connectivity index is 1.12. The SMILES string of the molecule is Cc1c(C(O)CN2C3COCC2CN(CC(O)c2ccc4c(c2)CC(C)OC4=O)C3)ccc2c1COC2=O. The molecule has 2 fully saturated rings. The molecule has 0 spiro atoms. The molecule has 2 saturated heterocycles. The highest BCUT2D eigenvalue weighted by Gasteiger charge is 2.40. The molecule has 2 N–H and O–H groups in total. The lowest BCUT2D eigenvalue weighted by atomic mass is 9.93. The summed E-state index contributed by atoms with van der Waals surface area (Å²) in [6.45, 7) is 7.62. The largest absolute Gasteiger partial charge is 0.459 e. The van der Waals surface area contributed by atoms with E-state index in [1.165, 1.54) is 0 Å². The van der Waals surface area contributed by atoms with Crippen molar-refractivity contribution in [3.8, 4) is 0 Å². The van der Waals surface area contributed by atoms with Crippen LogP contribution in [0.3, 0.4) is 0 Å². The summed E-state index contributed by atoms with van der Waals surface area (Å²) >= 11 is 0. The van der Waals surface area contributed by atoms with Crippen LogP contribution in [0.15, 0.2) is 30.3 Å². The number of ether oxygens (including phenoxy) is 3. The number of benzene rings is 2. The van der Waals surface area contributed by atoms with E-state index in [1.807, 2.05) is 32.0 Å². The number of hydrogen-bond donors (Lipinski definition) is 2. The Hall–Kier alpha value is -2.82. The molecule has 2 bridgehead atoms. The van der Waals surface area contributed by atoms with Crippen molar-refractivity contribution in [2.45, 2.75) is 57.3 Å². The Labute approximate surface area is 221 Å². The number of piperazine rings is 1. The van der Waals surface area contributed by atoms with Crippen LogP contribution in [0.25, 0.3) is 0 Å². The van der Waals surface area contributed by atoms with Gasteiger partial charge in [-0.2, -0.15) is 0 Å². The first kappa shape index (κ1) is 25.5. The van der Waals surface area contributed by atoms with Crippen molar-refractivity contribution in [2.75, 3.05) is 39.4 Å². The summed E-state index contributed by atoms with van der Waals surface area (Å²) in [5.41, 5.74) is 5.50. The molecular weight excluding hydrogens is 488 g/mol. The lowest BCUT2D eigenvalue weighted by Crippen LogP contribution is -2.65. The van der Waals surface area contributed by atoms with Crippen LogP contribution in [-0.4, -0.2) is 89.5 Å². The van der Waals surface area contributed by atoms with Crippen LogP contribution in [-0.2, 0) is 27.2 Å². The smallest absolute Gasteiger partial charge is 0.338 e. The van der Waals surface area contributed by atoms with Crippen molar-refractivity contribution >= 4 is 11.9 Å². The average molecular weight is 523 g/mol. The zero-order valence-electron chi connectivity index (χ0n) is 21.8. The molecule has 2 aromatic carbocycles. The molecule has 5 unspecified atom stereocenters. The van der Waals surface area contributed by atoms with Crippen molar-refractivity contribution in [2.24, 2.45) is 0 Å². The molecule has 38 heavy (non-hydrogen) atoms. The van der Waals surface area contributed by atoms with Crippen LogP contribution in [0.4, 0.5) is 0 Å². The number of esters is 2. The molecule has 0 aromatic heterocycles. The van der Waals surface area contributed by atoms with Gasteiger partial charge >= 0.3 is 11.9 Å². The van der Waals surface area contributed by atoms with E-state index in [2.05, 4.69) is 9.80 Å².